The molecule has 0 radical (unpaired) electrons. The largest absolute Gasteiger partial charge is 0.395 e. The molecule has 2 N–H and O–H groups in total. The highest BCUT2D eigenvalue weighted by Gasteiger charge is 2.14. The van der Waals surface area contributed by atoms with Gasteiger partial charge >= 0.3 is 0 Å². The van der Waals surface area contributed by atoms with Crippen molar-refractivity contribution in [3.8, 4) is 0 Å². The van der Waals surface area contributed by atoms with Gasteiger partial charge in [0.1, 0.15) is 0 Å². The number of rotatable bonds is 20. The standard InChI is InChI=1S/C22H44N2O.C5H8N2O/c1-2-3-4-5-6-7-8-9-10-11-12-13-14-15-16-17-22-23-18-19-24(22)20-21-25;8-4-3-7-2-1-6-5-7/h25H,2-21H2,1H3;1-2,5,8H,3-4H2. The molecular formula is C27H52N4O2. The maximum absolute atomic E-state index is 9.05. The normalized spacial score (nSPS) is 13.2. The Kier molecular flexibility index (Phi) is 20.1. The molecule has 192 valence electrons. The molecule has 0 bridgehead atoms. The van der Waals surface area contributed by atoms with Crippen LogP contribution in [0, 0.1) is 0 Å². The van der Waals surface area contributed by atoms with Gasteiger partial charge in [0.2, 0.25) is 0 Å². The van der Waals surface area contributed by atoms with Crippen LogP contribution in [-0.2, 0) is 6.54 Å². The van der Waals surface area contributed by atoms with E-state index in [0.717, 1.165) is 26.1 Å². The van der Waals surface area contributed by atoms with Gasteiger partial charge in [-0.25, -0.2) is 4.98 Å². The summed E-state index contributed by atoms with van der Waals surface area (Å²) in [6, 6.07) is 0. The summed E-state index contributed by atoms with van der Waals surface area (Å²) in [7, 11) is 0. The molecule has 0 atom stereocenters. The van der Waals surface area contributed by atoms with E-state index in [1.165, 1.54) is 102 Å². The Hall–Kier alpha value is -1.40. The zero-order valence-corrected chi connectivity index (χ0v) is 21.5. The van der Waals surface area contributed by atoms with Crippen molar-refractivity contribution in [3.63, 3.8) is 0 Å². The Morgan fingerprint density at radius 2 is 1.30 bits per heavy atom. The maximum Gasteiger partial charge on any atom is 0.0991 e. The molecule has 1 aromatic rings. The molecule has 0 aromatic carbocycles. The highest BCUT2D eigenvalue weighted by Crippen LogP contribution is 2.15. The van der Waals surface area contributed by atoms with Crippen LogP contribution in [0.5, 0.6) is 0 Å². The number of aliphatic hydroxyl groups is 2. The summed E-state index contributed by atoms with van der Waals surface area (Å²) in [6.07, 6.45) is 27.5. The summed E-state index contributed by atoms with van der Waals surface area (Å²) in [4.78, 5) is 10.6. The van der Waals surface area contributed by atoms with Crippen LogP contribution in [0.2, 0.25) is 0 Å². The molecule has 2 rings (SSSR count). The number of amidine groups is 1. The van der Waals surface area contributed by atoms with Crippen molar-refractivity contribution in [2.45, 2.75) is 116 Å². The van der Waals surface area contributed by atoms with Crippen LogP contribution < -0.4 is 0 Å². The van der Waals surface area contributed by atoms with Gasteiger partial charge in [-0.05, 0) is 6.42 Å². The SMILES string of the molecule is CCCCCCCCCCCCCCCCCC1=NCCN1CCO.OCCn1ccnc1. The van der Waals surface area contributed by atoms with Crippen LogP contribution in [0.4, 0.5) is 0 Å². The van der Waals surface area contributed by atoms with Crippen molar-refractivity contribution < 1.29 is 10.2 Å². The smallest absolute Gasteiger partial charge is 0.0991 e. The first-order chi connectivity index (χ1) is 16.3. The third-order valence-corrected chi connectivity index (χ3v) is 6.32. The molecule has 0 saturated carbocycles. The van der Waals surface area contributed by atoms with Gasteiger partial charge in [-0.1, -0.05) is 96.8 Å². The number of aliphatic hydroxyl groups excluding tert-OH is 2. The minimum Gasteiger partial charge on any atom is -0.395 e. The lowest BCUT2D eigenvalue weighted by Crippen LogP contribution is -2.30. The van der Waals surface area contributed by atoms with Crippen molar-refractivity contribution >= 4 is 5.84 Å². The Bertz CT molecular complexity index is 548. The van der Waals surface area contributed by atoms with Crippen LogP contribution >= 0.6 is 0 Å². The molecule has 1 aromatic heterocycles. The zero-order valence-electron chi connectivity index (χ0n) is 21.5. The second-order valence-electron chi connectivity index (χ2n) is 9.23. The van der Waals surface area contributed by atoms with Crippen molar-refractivity contribution in [1.82, 2.24) is 14.5 Å². The predicted octanol–water partition coefficient (Wildman–Crippen LogP) is 5.83. The molecule has 6 heteroatoms. The topological polar surface area (TPSA) is 73.9 Å². The summed E-state index contributed by atoms with van der Waals surface area (Å²) < 4.78 is 1.82. The highest BCUT2D eigenvalue weighted by molar-refractivity contribution is 5.83. The fourth-order valence-electron chi connectivity index (χ4n) is 4.32. The molecule has 6 nitrogen and oxygen atoms in total. The van der Waals surface area contributed by atoms with Crippen LogP contribution in [-0.4, -0.2) is 63.3 Å². The molecule has 0 fully saturated rings. The first-order valence-corrected chi connectivity index (χ1v) is 13.8. The molecule has 0 amide bonds. The summed E-state index contributed by atoms with van der Waals surface area (Å²) in [5, 5.41) is 17.4. The predicted molar refractivity (Wildman–Crippen MR) is 140 cm³/mol. The first-order valence-electron chi connectivity index (χ1n) is 13.8. The summed E-state index contributed by atoms with van der Waals surface area (Å²) >= 11 is 0. The second-order valence-corrected chi connectivity index (χ2v) is 9.23. The molecule has 0 saturated heterocycles. The number of imidazole rings is 1. The van der Waals surface area contributed by atoms with E-state index >= 15 is 0 Å². The Morgan fingerprint density at radius 1 is 0.758 bits per heavy atom. The van der Waals surface area contributed by atoms with Crippen LogP contribution in [0.15, 0.2) is 23.7 Å². The van der Waals surface area contributed by atoms with Gasteiger partial charge < -0.3 is 19.7 Å². The molecular weight excluding hydrogens is 412 g/mol. The number of aliphatic imine (C=N–C) groups is 1. The van der Waals surface area contributed by atoms with E-state index in [0.29, 0.717) is 6.54 Å². The average molecular weight is 465 g/mol. The Morgan fingerprint density at radius 3 is 1.79 bits per heavy atom. The number of hydrogen-bond donors (Lipinski definition) is 2. The lowest BCUT2D eigenvalue weighted by atomic mass is 10.0. The number of β-amino-alcohol motifs (C(OH)–C–C–N with tert-alkyl or cyclic N) is 1. The van der Waals surface area contributed by atoms with Gasteiger partial charge in [0.05, 0.1) is 31.9 Å². The fourth-order valence-corrected chi connectivity index (χ4v) is 4.32. The third kappa shape index (κ3) is 16.8. The minimum absolute atomic E-state index is 0.177. The van der Waals surface area contributed by atoms with Gasteiger partial charge in [-0.3, -0.25) is 4.99 Å². The Balaban J connectivity index is 0.000000568. The van der Waals surface area contributed by atoms with Gasteiger partial charge in [-0.15, -0.1) is 0 Å². The summed E-state index contributed by atoms with van der Waals surface area (Å²) in [6.45, 7) is 6.05. The Labute approximate surface area is 203 Å². The lowest BCUT2D eigenvalue weighted by molar-refractivity contribution is 0.255. The molecule has 1 aliphatic rings. The van der Waals surface area contributed by atoms with Gasteiger partial charge in [0.15, 0.2) is 0 Å². The summed E-state index contributed by atoms with van der Waals surface area (Å²) in [5.74, 6) is 1.24. The van der Waals surface area contributed by atoms with Gasteiger partial charge in [-0.2, -0.15) is 0 Å². The first kappa shape index (κ1) is 29.6. The quantitative estimate of drug-likeness (QED) is 0.238. The number of unbranched alkanes of at least 4 members (excludes halogenated alkanes) is 14. The van der Waals surface area contributed by atoms with E-state index in [1.54, 1.807) is 12.5 Å². The van der Waals surface area contributed by atoms with Gasteiger partial charge in [0.25, 0.3) is 0 Å². The van der Waals surface area contributed by atoms with Crippen LogP contribution in [0.1, 0.15) is 110 Å². The fraction of sp³-hybridized carbons (Fsp3) is 0.852. The average Bonchev–Trinajstić information content (AvgIpc) is 3.50. The van der Waals surface area contributed by atoms with E-state index in [4.69, 9.17) is 10.2 Å². The zero-order chi connectivity index (χ0) is 23.8. The number of aromatic nitrogens is 2. The van der Waals surface area contributed by atoms with E-state index in [-0.39, 0.29) is 13.2 Å². The van der Waals surface area contributed by atoms with E-state index in [1.807, 2.05) is 10.8 Å². The third-order valence-electron chi connectivity index (χ3n) is 6.32. The van der Waals surface area contributed by atoms with Crippen molar-refractivity contribution in [2.75, 3.05) is 32.8 Å². The molecule has 0 unspecified atom stereocenters. The van der Waals surface area contributed by atoms with Gasteiger partial charge in [0, 0.05) is 38.4 Å². The van der Waals surface area contributed by atoms with E-state index < -0.39 is 0 Å². The molecule has 33 heavy (non-hydrogen) atoms. The van der Waals surface area contributed by atoms with E-state index in [2.05, 4.69) is 21.8 Å². The highest BCUT2D eigenvalue weighted by atomic mass is 16.3. The van der Waals surface area contributed by atoms with Crippen LogP contribution in [0.3, 0.4) is 0 Å². The molecule has 0 aliphatic carbocycles. The minimum atomic E-state index is 0.177. The number of nitrogens with zero attached hydrogens (tertiary/aromatic N) is 4. The maximum atomic E-state index is 9.05. The molecule has 2 heterocycles. The van der Waals surface area contributed by atoms with Crippen molar-refractivity contribution in [2.24, 2.45) is 4.99 Å². The molecule has 1 aliphatic heterocycles. The molecule has 0 spiro atoms. The lowest BCUT2D eigenvalue weighted by Gasteiger charge is -2.18. The van der Waals surface area contributed by atoms with Crippen molar-refractivity contribution in [1.29, 1.82) is 0 Å². The second kappa shape index (κ2) is 22.4. The van der Waals surface area contributed by atoms with E-state index in [9.17, 15) is 0 Å². The monoisotopic (exact) mass is 464 g/mol. The van der Waals surface area contributed by atoms with Crippen molar-refractivity contribution in [3.05, 3.63) is 18.7 Å². The summed E-state index contributed by atoms with van der Waals surface area (Å²) in [5.41, 5.74) is 0. The van der Waals surface area contributed by atoms with Crippen LogP contribution in [0.25, 0.3) is 0 Å². The number of hydrogen-bond acceptors (Lipinski definition) is 5.